The van der Waals surface area contributed by atoms with Crippen LogP contribution in [0.1, 0.15) is 50.2 Å². The molecule has 0 spiro atoms. The molecule has 2 rings (SSSR count). The van der Waals surface area contributed by atoms with Crippen molar-refractivity contribution in [1.29, 1.82) is 0 Å². The summed E-state index contributed by atoms with van der Waals surface area (Å²) in [6, 6.07) is 7.17. The highest BCUT2D eigenvalue weighted by Crippen LogP contribution is 2.27. The number of hydrogen-bond donors (Lipinski definition) is 1. The topological polar surface area (TPSA) is 86.3 Å². The first-order valence-electron chi connectivity index (χ1n) is 9.51. The van der Waals surface area contributed by atoms with Crippen LogP contribution in [-0.4, -0.2) is 17.7 Å². The van der Waals surface area contributed by atoms with E-state index in [1.165, 1.54) is 5.56 Å². The van der Waals surface area contributed by atoms with Gasteiger partial charge in [-0.3, -0.25) is 9.59 Å². The lowest BCUT2D eigenvalue weighted by Gasteiger charge is -2.18. The molecule has 1 N–H and O–H groups in total. The van der Waals surface area contributed by atoms with E-state index < -0.39 is 11.9 Å². The summed E-state index contributed by atoms with van der Waals surface area (Å²) in [5, 5.41) is 13.0. The Balaban J connectivity index is 2.12. The van der Waals surface area contributed by atoms with E-state index >= 15 is 0 Å². The van der Waals surface area contributed by atoms with E-state index in [4.69, 9.17) is 0 Å². The Bertz CT molecular complexity index is 973. The minimum atomic E-state index is -1.43. The highest BCUT2D eigenvalue weighted by Gasteiger charge is 2.18. The maximum Gasteiger partial charge on any atom is 0.248 e. The first-order chi connectivity index (χ1) is 13.6. The molecule has 0 aliphatic carbocycles. The second-order valence-electron chi connectivity index (χ2n) is 7.27. The number of rotatable bonds is 7. The predicted octanol–water partition coefficient (Wildman–Crippen LogP) is 3.29. The maximum atomic E-state index is 12.9. The van der Waals surface area contributed by atoms with E-state index in [2.05, 4.69) is 26.1 Å². The lowest BCUT2D eigenvalue weighted by Crippen LogP contribution is -2.20. The van der Waals surface area contributed by atoms with E-state index in [0.29, 0.717) is 24.6 Å². The van der Waals surface area contributed by atoms with E-state index in [0.717, 1.165) is 39.5 Å². The Morgan fingerprint density at radius 3 is 2.07 bits per heavy atom. The molecule has 0 atom stereocenters. The lowest BCUT2D eigenvalue weighted by atomic mass is 9.86. The maximum absolute atomic E-state index is 12.9. The molecule has 0 unspecified atom stereocenters. The number of nitrogens with one attached hydrogen (secondary N) is 1. The van der Waals surface area contributed by atoms with Gasteiger partial charge < -0.3 is 15.2 Å². The van der Waals surface area contributed by atoms with Crippen LogP contribution in [0.5, 0.6) is 0 Å². The number of carboxylic acid groups (broad SMARTS) is 1. The first-order valence-corrected chi connectivity index (χ1v) is 9.51. The van der Waals surface area contributed by atoms with E-state index in [1.807, 2.05) is 19.9 Å². The van der Waals surface area contributed by atoms with Crippen LogP contribution in [0.25, 0.3) is 0 Å². The van der Waals surface area contributed by atoms with Crippen molar-refractivity contribution in [2.24, 2.45) is 0 Å². The van der Waals surface area contributed by atoms with Crippen LogP contribution in [-0.2, 0) is 16.0 Å². The van der Waals surface area contributed by atoms with Gasteiger partial charge in [-0.1, -0.05) is 12.1 Å². The fraction of sp³-hybridized carbons (Fsp3) is 0.292. The second-order valence-corrected chi connectivity index (χ2v) is 7.27. The quantitative estimate of drug-likeness (QED) is 0.579. The first kappa shape index (κ1) is 22.1. The van der Waals surface area contributed by atoms with Crippen LogP contribution in [0.4, 0.5) is 5.69 Å². The molecule has 1 amide bonds. The monoisotopic (exact) mass is 392 g/mol. The summed E-state index contributed by atoms with van der Waals surface area (Å²) in [5.41, 5.74) is 7.88. The Kier molecular flexibility index (Phi) is 7.10. The number of aryl methyl sites for hydroxylation is 1. The van der Waals surface area contributed by atoms with Gasteiger partial charge >= 0.3 is 0 Å². The van der Waals surface area contributed by atoms with Gasteiger partial charge in [0.15, 0.2) is 5.78 Å². The van der Waals surface area contributed by atoms with Gasteiger partial charge in [-0.25, -0.2) is 0 Å². The number of carboxylic acids is 1. The second kappa shape index (κ2) is 9.32. The fourth-order valence-electron chi connectivity index (χ4n) is 3.43. The SMILES string of the molecule is Cc1c(C)c(C)c(C(=O)CCc2cccc(NC(=O)/C=C/C(=O)[O-])c2)c(C)c1C. The smallest absolute Gasteiger partial charge is 0.248 e. The largest absolute Gasteiger partial charge is 0.545 e. The summed E-state index contributed by atoms with van der Waals surface area (Å²) >= 11 is 0. The van der Waals surface area contributed by atoms with Crippen molar-refractivity contribution in [3.05, 3.63) is 75.4 Å². The van der Waals surface area contributed by atoms with Crippen LogP contribution in [0.15, 0.2) is 36.4 Å². The van der Waals surface area contributed by atoms with Crippen molar-refractivity contribution in [2.75, 3.05) is 5.32 Å². The zero-order valence-electron chi connectivity index (χ0n) is 17.5. The molecule has 5 nitrogen and oxygen atoms in total. The van der Waals surface area contributed by atoms with Gasteiger partial charge in [0.25, 0.3) is 0 Å². The fourth-order valence-corrected chi connectivity index (χ4v) is 3.43. The minimum absolute atomic E-state index is 0.109. The summed E-state index contributed by atoms with van der Waals surface area (Å²) in [6.07, 6.45) is 2.49. The molecule has 2 aromatic carbocycles. The van der Waals surface area contributed by atoms with Crippen molar-refractivity contribution in [1.82, 2.24) is 0 Å². The van der Waals surface area contributed by atoms with Crippen molar-refractivity contribution < 1.29 is 19.5 Å². The normalized spacial score (nSPS) is 10.9. The molecule has 0 bridgehead atoms. The lowest BCUT2D eigenvalue weighted by molar-refractivity contribution is -0.297. The molecule has 0 radical (unpaired) electrons. The number of ketones is 1. The molecule has 152 valence electrons. The van der Waals surface area contributed by atoms with Crippen LogP contribution in [0.2, 0.25) is 0 Å². The molecular weight excluding hydrogens is 366 g/mol. The summed E-state index contributed by atoms with van der Waals surface area (Å²) in [4.78, 5) is 35.0. The number of benzene rings is 2. The molecule has 0 aliphatic heterocycles. The summed E-state index contributed by atoms with van der Waals surface area (Å²) < 4.78 is 0. The van der Waals surface area contributed by atoms with E-state index in [1.54, 1.807) is 18.2 Å². The van der Waals surface area contributed by atoms with Crippen LogP contribution < -0.4 is 10.4 Å². The zero-order chi connectivity index (χ0) is 21.7. The zero-order valence-corrected chi connectivity index (χ0v) is 17.5. The Morgan fingerprint density at radius 2 is 1.48 bits per heavy atom. The molecule has 0 aromatic heterocycles. The van der Waals surface area contributed by atoms with Gasteiger partial charge in [-0.15, -0.1) is 0 Å². The van der Waals surface area contributed by atoms with Crippen LogP contribution in [0, 0.1) is 34.6 Å². The number of anilines is 1. The number of amides is 1. The van der Waals surface area contributed by atoms with Gasteiger partial charge in [-0.2, -0.15) is 0 Å². The van der Waals surface area contributed by atoms with Gasteiger partial charge in [-0.05, 0) is 92.6 Å². The van der Waals surface area contributed by atoms with Gasteiger partial charge in [0.2, 0.25) is 5.91 Å². The third kappa shape index (κ3) is 5.41. The van der Waals surface area contributed by atoms with E-state index in [-0.39, 0.29) is 5.78 Å². The molecule has 0 aliphatic rings. The average Bonchev–Trinajstić information content (AvgIpc) is 2.68. The number of Topliss-reactive ketones (excluding diaryl/α,β-unsaturated/α-hetero) is 1. The van der Waals surface area contributed by atoms with Crippen LogP contribution in [0.3, 0.4) is 0 Å². The highest BCUT2D eigenvalue weighted by atomic mass is 16.4. The molecule has 0 fully saturated rings. The van der Waals surface area contributed by atoms with Gasteiger partial charge in [0, 0.05) is 23.7 Å². The Morgan fingerprint density at radius 1 is 0.897 bits per heavy atom. The summed E-state index contributed by atoms with van der Waals surface area (Å²) in [5.74, 6) is -1.88. The van der Waals surface area contributed by atoms with E-state index in [9.17, 15) is 19.5 Å². The summed E-state index contributed by atoms with van der Waals surface area (Å²) in [7, 11) is 0. The minimum Gasteiger partial charge on any atom is -0.545 e. The molecule has 0 saturated carbocycles. The Labute approximate surface area is 171 Å². The average molecular weight is 392 g/mol. The number of hydrogen-bond acceptors (Lipinski definition) is 4. The predicted molar refractivity (Wildman–Crippen MR) is 112 cm³/mol. The molecule has 2 aromatic rings. The van der Waals surface area contributed by atoms with Crippen LogP contribution >= 0.6 is 0 Å². The number of carbonyl (C=O) groups excluding carboxylic acids is 3. The molecule has 0 heterocycles. The molecule has 29 heavy (non-hydrogen) atoms. The number of aliphatic carboxylic acids is 1. The van der Waals surface area contributed by atoms with Crippen molar-refractivity contribution in [3.8, 4) is 0 Å². The molecule has 5 heteroatoms. The summed E-state index contributed by atoms with van der Waals surface area (Å²) in [6.45, 7) is 10.2. The van der Waals surface area contributed by atoms with Crippen molar-refractivity contribution >= 4 is 23.3 Å². The van der Waals surface area contributed by atoms with Crippen molar-refractivity contribution in [2.45, 2.75) is 47.5 Å². The molecular formula is C24H26NO4-. The van der Waals surface area contributed by atoms with Crippen molar-refractivity contribution in [3.63, 3.8) is 0 Å². The standard InChI is InChI=1S/C24H27NO4/c1-14-15(2)17(4)24(18(5)16(14)3)21(26)10-9-19-7-6-8-20(13-19)25-22(27)11-12-23(28)29/h6-8,11-13H,9-10H2,1-5H3,(H,25,27)(H,28,29)/p-1/b12-11+. The highest BCUT2D eigenvalue weighted by molar-refractivity contribution is 6.02. The number of carbonyl (C=O) groups is 3. The third-order valence-corrected chi connectivity index (χ3v) is 5.48. The Hall–Kier alpha value is -3.21. The molecule has 0 saturated heterocycles. The third-order valence-electron chi connectivity index (χ3n) is 5.48. The van der Waals surface area contributed by atoms with Gasteiger partial charge in [0.05, 0.1) is 5.97 Å². The van der Waals surface area contributed by atoms with Gasteiger partial charge in [0.1, 0.15) is 0 Å².